The Labute approximate surface area is 139 Å². The minimum Gasteiger partial charge on any atom is -0.484 e. The van der Waals surface area contributed by atoms with Crippen LogP contribution in [0.4, 0.5) is 0 Å². The number of sulfone groups is 1. The van der Waals surface area contributed by atoms with Gasteiger partial charge < -0.3 is 4.74 Å². The largest absolute Gasteiger partial charge is 0.484 e. The van der Waals surface area contributed by atoms with E-state index in [0.717, 1.165) is 4.47 Å². The van der Waals surface area contributed by atoms with Gasteiger partial charge in [-0.05, 0) is 24.6 Å². The summed E-state index contributed by atoms with van der Waals surface area (Å²) in [5, 5.41) is 3.10. The molecule has 1 aromatic rings. The molecule has 122 valence electrons. The zero-order chi connectivity index (χ0) is 16.3. The van der Waals surface area contributed by atoms with E-state index in [1.54, 1.807) is 31.2 Å². The van der Waals surface area contributed by atoms with Gasteiger partial charge in [-0.2, -0.15) is 0 Å². The number of hydrazine groups is 1. The molecule has 1 amide bonds. The summed E-state index contributed by atoms with van der Waals surface area (Å²) in [6.45, 7) is -0.134. The fraction of sp³-hybridized carbons (Fsp3) is 0.500. The van der Waals surface area contributed by atoms with Crippen LogP contribution in [0.25, 0.3) is 0 Å². The lowest BCUT2D eigenvalue weighted by molar-refractivity contribution is -0.151. The van der Waals surface area contributed by atoms with Gasteiger partial charge in [0.1, 0.15) is 5.75 Å². The normalized spacial score (nSPS) is 20.1. The monoisotopic (exact) mass is 390 g/mol. The van der Waals surface area contributed by atoms with Gasteiger partial charge in [-0.15, -0.1) is 0 Å². The maximum Gasteiger partial charge on any atom is 0.275 e. The van der Waals surface area contributed by atoms with Crippen molar-refractivity contribution in [3.63, 3.8) is 0 Å². The summed E-state index contributed by atoms with van der Waals surface area (Å²) in [6.07, 6.45) is 0.461. The van der Waals surface area contributed by atoms with Gasteiger partial charge in [0.25, 0.3) is 5.91 Å². The van der Waals surface area contributed by atoms with Gasteiger partial charge in [-0.3, -0.25) is 9.80 Å². The predicted octanol–water partition coefficient (Wildman–Crippen LogP) is 1.32. The molecule has 2 rings (SSSR count). The van der Waals surface area contributed by atoms with E-state index in [1.807, 2.05) is 12.1 Å². The molecule has 0 aromatic heterocycles. The first kappa shape index (κ1) is 17.2. The van der Waals surface area contributed by atoms with Crippen LogP contribution in [0, 0.1) is 0 Å². The number of halogens is 1. The molecule has 1 aliphatic rings. The number of carbonyl (C=O) groups excluding carboxylic acids is 1. The number of benzene rings is 1. The molecule has 1 fully saturated rings. The molecule has 1 atom stereocenters. The lowest BCUT2D eigenvalue weighted by Gasteiger charge is -2.33. The van der Waals surface area contributed by atoms with Crippen LogP contribution >= 0.6 is 15.9 Å². The molecule has 0 bridgehead atoms. The SMILES string of the molecule is CN(C)N(C(=O)COc1cccc(Br)c1)[C@H]1CCS(=O)(=O)C1. The third kappa shape index (κ3) is 4.44. The smallest absolute Gasteiger partial charge is 0.275 e. The topological polar surface area (TPSA) is 66.9 Å². The van der Waals surface area contributed by atoms with Crippen LogP contribution in [0.1, 0.15) is 6.42 Å². The molecule has 22 heavy (non-hydrogen) atoms. The second-order valence-corrected chi connectivity index (χ2v) is 8.53. The third-order valence-corrected chi connectivity index (χ3v) is 5.64. The first-order chi connectivity index (χ1) is 10.3. The van der Waals surface area contributed by atoms with Gasteiger partial charge in [-0.1, -0.05) is 22.0 Å². The van der Waals surface area contributed by atoms with Gasteiger partial charge >= 0.3 is 0 Å². The second-order valence-electron chi connectivity index (χ2n) is 5.39. The van der Waals surface area contributed by atoms with Crippen molar-refractivity contribution in [1.82, 2.24) is 10.0 Å². The first-order valence-electron chi connectivity index (χ1n) is 6.86. The Hall–Kier alpha value is -1.12. The Balaban J connectivity index is 2.01. The summed E-state index contributed by atoms with van der Waals surface area (Å²) in [5.74, 6) is 0.461. The van der Waals surface area contributed by atoms with Crippen molar-refractivity contribution in [3.05, 3.63) is 28.7 Å². The Morgan fingerprint density at radius 1 is 1.41 bits per heavy atom. The van der Waals surface area contributed by atoms with E-state index in [2.05, 4.69) is 15.9 Å². The predicted molar refractivity (Wildman–Crippen MR) is 87.2 cm³/mol. The average molecular weight is 391 g/mol. The van der Waals surface area contributed by atoms with Crippen molar-refractivity contribution < 1.29 is 17.9 Å². The molecule has 1 aliphatic heterocycles. The number of hydrogen-bond acceptors (Lipinski definition) is 5. The molecular weight excluding hydrogens is 372 g/mol. The molecule has 0 saturated carbocycles. The summed E-state index contributed by atoms with van der Waals surface area (Å²) in [5.41, 5.74) is 0. The molecule has 1 saturated heterocycles. The lowest BCUT2D eigenvalue weighted by atomic mass is 10.2. The molecule has 0 radical (unpaired) electrons. The molecular formula is C14H19BrN2O4S. The van der Waals surface area contributed by atoms with Crippen molar-refractivity contribution in [2.45, 2.75) is 12.5 Å². The minimum absolute atomic E-state index is 0.00774. The first-order valence-corrected chi connectivity index (χ1v) is 9.48. The summed E-state index contributed by atoms with van der Waals surface area (Å²) < 4.78 is 29.6. The highest BCUT2D eigenvalue weighted by Gasteiger charge is 2.36. The van der Waals surface area contributed by atoms with E-state index >= 15 is 0 Å². The van der Waals surface area contributed by atoms with Gasteiger partial charge in [0.05, 0.1) is 17.5 Å². The minimum atomic E-state index is -3.05. The van der Waals surface area contributed by atoms with Crippen molar-refractivity contribution in [2.75, 3.05) is 32.2 Å². The Bertz CT molecular complexity index is 648. The third-order valence-electron chi connectivity index (χ3n) is 3.40. The molecule has 1 heterocycles. The summed E-state index contributed by atoms with van der Waals surface area (Å²) in [4.78, 5) is 12.4. The van der Waals surface area contributed by atoms with Crippen LogP contribution in [0.2, 0.25) is 0 Å². The fourth-order valence-electron chi connectivity index (χ4n) is 2.49. The van der Waals surface area contributed by atoms with E-state index in [4.69, 9.17) is 4.74 Å². The van der Waals surface area contributed by atoms with Gasteiger partial charge in [0, 0.05) is 18.6 Å². The highest BCUT2D eigenvalue weighted by molar-refractivity contribution is 9.10. The van der Waals surface area contributed by atoms with Gasteiger partial charge in [0.2, 0.25) is 0 Å². The van der Waals surface area contributed by atoms with Crippen LogP contribution in [-0.4, -0.2) is 62.6 Å². The van der Waals surface area contributed by atoms with E-state index in [0.29, 0.717) is 12.2 Å². The number of amides is 1. The van der Waals surface area contributed by atoms with Crippen molar-refractivity contribution in [2.24, 2.45) is 0 Å². The molecule has 0 spiro atoms. The number of ether oxygens (including phenoxy) is 1. The standard InChI is InChI=1S/C14H19BrN2O4S/c1-16(2)17(12-6-7-22(19,20)10-12)14(18)9-21-13-5-3-4-11(15)8-13/h3-5,8,12H,6-7,9-10H2,1-2H3/t12-/m0/s1. The van der Waals surface area contributed by atoms with Crippen LogP contribution in [-0.2, 0) is 14.6 Å². The molecule has 1 aromatic carbocycles. The van der Waals surface area contributed by atoms with Crippen LogP contribution in [0.3, 0.4) is 0 Å². The molecule has 8 heteroatoms. The number of rotatable bonds is 5. The van der Waals surface area contributed by atoms with Gasteiger partial charge in [-0.25, -0.2) is 13.4 Å². The zero-order valence-corrected chi connectivity index (χ0v) is 14.9. The average Bonchev–Trinajstić information content (AvgIpc) is 2.76. The van der Waals surface area contributed by atoms with Crippen LogP contribution < -0.4 is 4.74 Å². The van der Waals surface area contributed by atoms with Crippen molar-refractivity contribution in [3.8, 4) is 5.75 Å². The van der Waals surface area contributed by atoms with Gasteiger partial charge in [0.15, 0.2) is 16.4 Å². The Morgan fingerprint density at radius 3 is 2.68 bits per heavy atom. The molecule has 0 aliphatic carbocycles. The van der Waals surface area contributed by atoms with Crippen molar-refractivity contribution in [1.29, 1.82) is 0 Å². The molecule has 0 unspecified atom stereocenters. The highest BCUT2D eigenvalue weighted by atomic mass is 79.9. The maximum absolute atomic E-state index is 12.4. The van der Waals surface area contributed by atoms with E-state index in [1.165, 1.54) is 5.01 Å². The fourth-order valence-corrected chi connectivity index (χ4v) is 4.56. The summed E-state index contributed by atoms with van der Waals surface area (Å²) in [7, 11) is 0.400. The number of carbonyl (C=O) groups is 1. The maximum atomic E-state index is 12.4. The summed E-state index contributed by atoms with van der Waals surface area (Å²) in [6, 6.07) is 6.89. The van der Waals surface area contributed by atoms with E-state index in [9.17, 15) is 13.2 Å². The highest BCUT2D eigenvalue weighted by Crippen LogP contribution is 2.20. The van der Waals surface area contributed by atoms with Crippen LogP contribution in [0.5, 0.6) is 5.75 Å². The van der Waals surface area contributed by atoms with Crippen LogP contribution in [0.15, 0.2) is 28.7 Å². The lowest BCUT2D eigenvalue weighted by Crippen LogP contribution is -2.51. The molecule has 0 N–H and O–H groups in total. The van der Waals surface area contributed by atoms with E-state index < -0.39 is 9.84 Å². The quantitative estimate of drug-likeness (QED) is 0.709. The number of nitrogens with zero attached hydrogens (tertiary/aromatic N) is 2. The number of hydrogen-bond donors (Lipinski definition) is 0. The van der Waals surface area contributed by atoms with Crippen molar-refractivity contribution >= 4 is 31.7 Å². The van der Waals surface area contributed by atoms with E-state index in [-0.39, 0.29) is 30.1 Å². The Kier molecular flexibility index (Phi) is 5.46. The summed E-state index contributed by atoms with van der Waals surface area (Å²) >= 11 is 3.34. The molecule has 6 nitrogen and oxygen atoms in total. The Morgan fingerprint density at radius 2 is 2.14 bits per heavy atom. The zero-order valence-electron chi connectivity index (χ0n) is 12.5. The second kappa shape index (κ2) is 6.97.